The maximum atomic E-state index is 6.21. The van der Waals surface area contributed by atoms with Gasteiger partial charge in [-0.25, -0.2) is 0 Å². The minimum Gasteiger partial charge on any atom is -0.483 e. The van der Waals surface area contributed by atoms with E-state index in [1.165, 1.54) is 0 Å². The van der Waals surface area contributed by atoms with Crippen LogP contribution in [-0.2, 0) is 10.3 Å². The Hall–Kier alpha value is -0.930. The average molecular weight is 358 g/mol. The molecular formula is C17H15Cl3O2. The molecule has 0 spiro atoms. The predicted molar refractivity (Wildman–Crippen MR) is 90.3 cm³/mol. The molecular weight excluding hydrogens is 343 g/mol. The maximum Gasteiger partial charge on any atom is 0.155 e. The largest absolute Gasteiger partial charge is 0.483 e. The van der Waals surface area contributed by atoms with Gasteiger partial charge in [0.05, 0.1) is 11.6 Å². The molecule has 116 valence electrons. The molecule has 2 nitrogen and oxygen atoms in total. The summed E-state index contributed by atoms with van der Waals surface area (Å²) >= 11 is 18.1. The molecule has 1 heterocycles. The van der Waals surface area contributed by atoms with Crippen LogP contribution < -0.4 is 4.74 Å². The van der Waals surface area contributed by atoms with Crippen LogP contribution in [0.4, 0.5) is 0 Å². The normalized spacial score (nSPS) is 20.8. The van der Waals surface area contributed by atoms with E-state index in [2.05, 4.69) is 0 Å². The standard InChI is InChI=1S/C17H15Cl3O2/c1-16(2,22-15-8-7-13(19)9-14(15)20)17(10-21-17)11-3-5-12(18)6-4-11/h3-9H,10H2,1-2H3. The molecule has 22 heavy (non-hydrogen) atoms. The summed E-state index contributed by atoms with van der Waals surface area (Å²) in [5, 5.41) is 1.75. The summed E-state index contributed by atoms with van der Waals surface area (Å²) in [6.45, 7) is 4.56. The smallest absolute Gasteiger partial charge is 0.155 e. The van der Waals surface area contributed by atoms with Crippen molar-refractivity contribution in [3.8, 4) is 5.75 Å². The summed E-state index contributed by atoms with van der Waals surface area (Å²) in [4.78, 5) is 0. The Morgan fingerprint density at radius 1 is 1.00 bits per heavy atom. The van der Waals surface area contributed by atoms with E-state index in [1.807, 2.05) is 38.1 Å². The van der Waals surface area contributed by atoms with Crippen LogP contribution in [0.3, 0.4) is 0 Å². The molecule has 1 aliphatic rings. The highest BCUT2D eigenvalue weighted by molar-refractivity contribution is 6.35. The minimum absolute atomic E-state index is 0.479. The molecule has 1 aliphatic heterocycles. The van der Waals surface area contributed by atoms with Gasteiger partial charge in [-0.05, 0) is 49.7 Å². The molecule has 0 radical (unpaired) electrons. The molecule has 0 bridgehead atoms. The Labute approximate surface area is 144 Å². The first kappa shape index (κ1) is 15.9. The van der Waals surface area contributed by atoms with Gasteiger partial charge >= 0.3 is 0 Å². The van der Waals surface area contributed by atoms with E-state index in [0.717, 1.165) is 5.56 Å². The van der Waals surface area contributed by atoms with Crippen LogP contribution in [-0.4, -0.2) is 12.2 Å². The number of hydrogen-bond acceptors (Lipinski definition) is 2. The summed E-state index contributed by atoms with van der Waals surface area (Å²) in [7, 11) is 0. The minimum atomic E-state index is -0.599. The van der Waals surface area contributed by atoms with Crippen LogP contribution in [0.1, 0.15) is 19.4 Å². The van der Waals surface area contributed by atoms with Crippen molar-refractivity contribution in [2.45, 2.75) is 25.0 Å². The van der Waals surface area contributed by atoms with Gasteiger partial charge in [0.15, 0.2) is 5.60 Å². The molecule has 2 aromatic carbocycles. The fraction of sp³-hybridized carbons (Fsp3) is 0.294. The molecule has 5 heteroatoms. The molecule has 0 N–H and O–H groups in total. The number of rotatable bonds is 4. The lowest BCUT2D eigenvalue weighted by Crippen LogP contribution is -2.43. The summed E-state index contributed by atoms with van der Waals surface area (Å²) in [5.74, 6) is 0.583. The molecule has 1 atom stereocenters. The second-order valence-corrected chi connectivity index (χ2v) is 7.09. The number of hydrogen-bond donors (Lipinski definition) is 0. The van der Waals surface area contributed by atoms with Crippen molar-refractivity contribution in [3.05, 3.63) is 63.1 Å². The van der Waals surface area contributed by atoms with Gasteiger partial charge in [-0.1, -0.05) is 46.9 Å². The fourth-order valence-electron chi connectivity index (χ4n) is 2.57. The van der Waals surface area contributed by atoms with E-state index < -0.39 is 11.2 Å². The summed E-state index contributed by atoms with van der Waals surface area (Å²) in [5.41, 5.74) is -0.0641. The molecule has 0 amide bonds. The fourth-order valence-corrected chi connectivity index (χ4v) is 3.14. The summed E-state index contributed by atoms with van der Waals surface area (Å²) in [6, 6.07) is 12.8. The molecule has 2 aromatic rings. The SMILES string of the molecule is CC(C)(Oc1ccc(Cl)cc1Cl)C1(c2ccc(Cl)cc2)CO1. The van der Waals surface area contributed by atoms with Gasteiger partial charge in [0.25, 0.3) is 0 Å². The Morgan fingerprint density at radius 2 is 1.59 bits per heavy atom. The van der Waals surface area contributed by atoms with Crippen LogP contribution in [0.15, 0.2) is 42.5 Å². The van der Waals surface area contributed by atoms with Crippen molar-refractivity contribution in [2.24, 2.45) is 0 Å². The van der Waals surface area contributed by atoms with Crippen molar-refractivity contribution in [1.82, 2.24) is 0 Å². The third-order valence-corrected chi connectivity index (χ3v) is 4.76. The van der Waals surface area contributed by atoms with Crippen molar-refractivity contribution >= 4 is 34.8 Å². The highest BCUT2D eigenvalue weighted by Gasteiger charge is 2.60. The van der Waals surface area contributed by atoms with Crippen LogP contribution in [0.5, 0.6) is 5.75 Å². The summed E-state index contributed by atoms with van der Waals surface area (Å²) < 4.78 is 11.9. The lowest BCUT2D eigenvalue weighted by molar-refractivity contribution is 0.0154. The Bertz CT molecular complexity index is 692. The number of halogens is 3. The summed E-state index contributed by atoms with van der Waals surface area (Å²) in [6.07, 6.45) is 0. The van der Waals surface area contributed by atoms with Crippen LogP contribution in [0, 0.1) is 0 Å². The highest BCUT2D eigenvalue weighted by atomic mass is 35.5. The van der Waals surface area contributed by atoms with Crippen molar-refractivity contribution in [2.75, 3.05) is 6.61 Å². The first-order chi connectivity index (χ1) is 10.3. The lowest BCUT2D eigenvalue weighted by Gasteiger charge is -2.33. The van der Waals surface area contributed by atoms with Gasteiger partial charge in [-0.15, -0.1) is 0 Å². The zero-order valence-corrected chi connectivity index (χ0v) is 14.5. The zero-order valence-electron chi connectivity index (χ0n) is 12.2. The van der Waals surface area contributed by atoms with Gasteiger partial charge in [0.1, 0.15) is 11.4 Å². The first-order valence-corrected chi connectivity index (χ1v) is 8.01. The third-order valence-electron chi connectivity index (χ3n) is 3.98. The number of epoxide rings is 1. The van der Waals surface area contributed by atoms with Gasteiger partial charge in [0.2, 0.25) is 0 Å². The quantitative estimate of drug-likeness (QED) is 0.652. The van der Waals surface area contributed by atoms with Gasteiger partial charge in [-0.3, -0.25) is 0 Å². The number of ether oxygens (including phenoxy) is 2. The van der Waals surface area contributed by atoms with E-state index in [0.29, 0.717) is 27.4 Å². The predicted octanol–water partition coefficient (Wildman–Crippen LogP) is 5.73. The molecule has 1 saturated heterocycles. The van der Waals surface area contributed by atoms with E-state index in [-0.39, 0.29) is 0 Å². The van der Waals surface area contributed by atoms with E-state index in [1.54, 1.807) is 18.2 Å². The monoisotopic (exact) mass is 356 g/mol. The van der Waals surface area contributed by atoms with E-state index in [4.69, 9.17) is 44.3 Å². The molecule has 0 aliphatic carbocycles. The first-order valence-electron chi connectivity index (χ1n) is 6.88. The van der Waals surface area contributed by atoms with Crippen molar-refractivity contribution < 1.29 is 9.47 Å². The number of benzene rings is 2. The van der Waals surface area contributed by atoms with Crippen LogP contribution >= 0.6 is 34.8 Å². The second kappa shape index (κ2) is 5.61. The molecule has 0 saturated carbocycles. The topological polar surface area (TPSA) is 21.8 Å². The highest BCUT2D eigenvalue weighted by Crippen LogP contribution is 2.50. The average Bonchev–Trinajstić information content (AvgIpc) is 3.25. The Balaban J connectivity index is 1.90. The van der Waals surface area contributed by atoms with Gasteiger partial charge in [-0.2, -0.15) is 0 Å². The van der Waals surface area contributed by atoms with Gasteiger partial charge < -0.3 is 9.47 Å². The van der Waals surface area contributed by atoms with E-state index in [9.17, 15) is 0 Å². The molecule has 3 rings (SSSR count). The molecule has 0 aromatic heterocycles. The van der Waals surface area contributed by atoms with Crippen molar-refractivity contribution in [1.29, 1.82) is 0 Å². The van der Waals surface area contributed by atoms with Crippen molar-refractivity contribution in [3.63, 3.8) is 0 Å². The lowest BCUT2D eigenvalue weighted by atomic mass is 9.84. The Morgan fingerprint density at radius 3 is 2.14 bits per heavy atom. The Kier molecular flexibility index (Phi) is 4.07. The molecule has 1 unspecified atom stereocenters. The third kappa shape index (κ3) is 2.81. The maximum absolute atomic E-state index is 6.21. The van der Waals surface area contributed by atoms with Crippen LogP contribution in [0.2, 0.25) is 15.1 Å². The van der Waals surface area contributed by atoms with Crippen LogP contribution in [0.25, 0.3) is 0 Å². The van der Waals surface area contributed by atoms with Gasteiger partial charge in [0, 0.05) is 10.0 Å². The molecule has 1 fully saturated rings. The second-order valence-electron chi connectivity index (χ2n) is 5.81. The van der Waals surface area contributed by atoms with E-state index >= 15 is 0 Å². The zero-order chi connectivity index (χ0) is 16.0.